The van der Waals surface area contributed by atoms with Crippen LogP contribution in [0.15, 0.2) is 77.7 Å². The van der Waals surface area contributed by atoms with Crippen LogP contribution in [-0.4, -0.2) is 43.8 Å². The van der Waals surface area contributed by atoms with E-state index in [2.05, 4.69) is 5.32 Å². The molecule has 0 saturated heterocycles. The summed E-state index contributed by atoms with van der Waals surface area (Å²) in [5.74, 6) is -2.22. The van der Waals surface area contributed by atoms with Crippen molar-refractivity contribution in [3.63, 3.8) is 0 Å². The van der Waals surface area contributed by atoms with E-state index in [9.17, 15) is 26.8 Å². The monoisotopic (exact) mass is 583 g/mol. The van der Waals surface area contributed by atoms with Gasteiger partial charge in [0.2, 0.25) is 11.8 Å². The fourth-order valence-electron chi connectivity index (χ4n) is 4.94. The van der Waals surface area contributed by atoms with Gasteiger partial charge in [-0.25, -0.2) is 17.2 Å². The highest BCUT2D eigenvalue weighted by Crippen LogP contribution is 2.26. The molecular weight excluding hydrogens is 548 g/mol. The lowest BCUT2D eigenvalue weighted by Crippen LogP contribution is -2.53. The number of amides is 2. The third kappa shape index (κ3) is 7.49. The molecule has 1 N–H and O–H groups in total. The summed E-state index contributed by atoms with van der Waals surface area (Å²) >= 11 is 0. The predicted octanol–water partition coefficient (Wildman–Crippen LogP) is 5.33. The lowest BCUT2D eigenvalue weighted by Gasteiger charge is -2.33. The largest absolute Gasteiger partial charge is 0.352 e. The van der Waals surface area contributed by atoms with Crippen molar-refractivity contribution in [3.05, 3.63) is 95.6 Å². The molecule has 0 bridgehead atoms. The summed E-state index contributed by atoms with van der Waals surface area (Å²) in [5, 5.41) is 3.01. The van der Waals surface area contributed by atoms with Crippen LogP contribution in [0.2, 0.25) is 0 Å². The molecule has 0 aliphatic heterocycles. The summed E-state index contributed by atoms with van der Waals surface area (Å²) in [7, 11) is -4.32. The van der Waals surface area contributed by atoms with Crippen molar-refractivity contribution in [3.8, 4) is 0 Å². The Morgan fingerprint density at radius 3 is 2.20 bits per heavy atom. The molecule has 1 fully saturated rings. The molecular formula is C31H35F2N3O4S. The molecule has 41 heavy (non-hydrogen) atoms. The average molecular weight is 584 g/mol. The van der Waals surface area contributed by atoms with Gasteiger partial charge in [-0.2, -0.15) is 0 Å². The first kappa shape index (κ1) is 30.2. The molecule has 4 rings (SSSR count). The molecule has 7 nitrogen and oxygen atoms in total. The molecule has 1 saturated carbocycles. The Morgan fingerprint density at radius 1 is 0.927 bits per heavy atom. The van der Waals surface area contributed by atoms with Crippen LogP contribution in [0.1, 0.15) is 50.2 Å². The molecule has 3 aromatic rings. The number of benzene rings is 3. The van der Waals surface area contributed by atoms with E-state index < -0.39 is 40.2 Å². The molecule has 10 heteroatoms. The lowest BCUT2D eigenvalue weighted by atomic mass is 9.95. The van der Waals surface area contributed by atoms with E-state index in [1.165, 1.54) is 23.1 Å². The predicted molar refractivity (Wildman–Crippen MR) is 154 cm³/mol. The first-order valence-corrected chi connectivity index (χ1v) is 15.2. The fraction of sp³-hybridized carbons (Fsp3) is 0.355. The van der Waals surface area contributed by atoms with Gasteiger partial charge in [-0.05, 0) is 69.2 Å². The normalized spacial score (nSPS) is 14.7. The second-order valence-electron chi connectivity index (χ2n) is 10.4. The highest BCUT2D eigenvalue weighted by molar-refractivity contribution is 7.92. The van der Waals surface area contributed by atoms with Gasteiger partial charge >= 0.3 is 0 Å². The van der Waals surface area contributed by atoms with Crippen molar-refractivity contribution in [1.29, 1.82) is 0 Å². The summed E-state index contributed by atoms with van der Waals surface area (Å²) in [4.78, 5) is 28.3. The Hall–Kier alpha value is -3.79. The topological polar surface area (TPSA) is 86.8 Å². The Morgan fingerprint density at radius 2 is 1.56 bits per heavy atom. The van der Waals surface area contributed by atoms with Gasteiger partial charge < -0.3 is 10.2 Å². The molecule has 218 valence electrons. The number of nitrogens with one attached hydrogen (secondary N) is 1. The second-order valence-corrected chi connectivity index (χ2v) is 12.3. The van der Waals surface area contributed by atoms with Crippen LogP contribution in [0.5, 0.6) is 0 Å². The number of nitrogens with zero attached hydrogens (tertiary/aromatic N) is 2. The first-order valence-electron chi connectivity index (χ1n) is 13.7. The minimum absolute atomic E-state index is 0.00739. The molecule has 3 aromatic carbocycles. The molecule has 0 unspecified atom stereocenters. The highest BCUT2D eigenvalue weighted by atomic mass is 32.2. The molecule has 1 aliphatic rings. The first-order chi connectivity index (χ1) is 19.6. The van der Waals surface area contributed by atoms with Gasteiger partial charge in [0.15, 0.2) is 0 Å². The summed E-state index contributed by atoms with van der Waals surface area (Å²) in [6.45, 7) is 2.51. The van der Waals surface area contributed by atoms with Crippen LogP contribution < -0.4 is 9.62 Å². The van der Waals surface area contributed by atoms with E-state index >= 15 is 0 Å². The van der Waals surface area contributed by atoms with E-state index in [0.717, 1.165) is 66.2 Å². The zero-order valence-corrected chi connectivity index (χ0v) is 24.0. The molecule has 0 heterocycles. The number of anilines is 1. The van der Waals surface area contributed by atoms with Crippen LogP contribution in [0.25, 0.3) is 0 Å². The Kier molecular flexibility index (Phi) is 9.75. The molecule has 0 aromatic heterocycles. The molecule has 2 amide bonds. The maximum Gasteiger partial charge on any atom is 0.264 e. The van der Waals surface area contributed by atoms with Gasteiger partial charge in [0.25, 0.3) is 10.0 Å². The summed E-state index contributed by atoms with van der Waals surface area (Å²) in [5.41, 5.74) is 1.30. The standard InChI is InChI=1S/C31H35F2N3O4S/c1-22-12-16-27(17-13-22)36(41(39,40)28-18-14-25(32)15-19-28)21-30(37)35(20-24-8-6-7-11-29(24)33)23(2)31(38)34-26-9-4-3-5-10-26/h6-8,11-19,23,26H,3-5,9-10,20-21H2,1-2H3,(H,34,38)/t23-/m1/s1. The van der Waals surface area contributed by atoms with Gasteiger partial charge in [0, 0.05) is 18.2 Å². The van der Waals surface area contributed by atoms with Gasteiger partial charge in [0.1, 0.15) is 24.2 Å². The maximum absolute atomic E-state index is 14.7. The third-order valence-electron chi connectivity index (χ3n) is 7.42. The second kappa shape index (κ2) is 13.2. The van der Waals surface area contributed by atoms with Crippen LogP contribution >= 0.6 is 0 Å². The number of sulfonamides is 1. The van der Waals surface area contributed by atoms with Crippen molar-refractivity contribution in [2.24, 2.45) is 0 Å². The van der Waals surface area contributed by atoms with Crippen molar-refractivity contribution in [2.75, 3.05) is 10.8 Å². The third-order valence-corrected chi connectivity index (χ3v) is 9.21. The summed E-state index contributed by atoms with van der Waals surface area (Å²) < 4.78 is 56.7. The van der Waals surface area contributed by atoms with Gasteiger partial charge in [-0.3, -0.25) is 13.9 Å². The van der Waals surface area contributed by atoms with Crippen molar-refractivity contribution < 1.29 is 26.8 Å². The number of halogens is 2. The number of hydrogen-bond acceptors (Lipinski definition) is 4. The highest BCUT2D eigenvalue weighted by Gasteiger charge is 2.33. The van der Waals surface area contributed by atoms with Crippen LogP contribution in [0, 0.1) is 18.6 Å². The minimum Gasteiger partial charge on any atom is -0.352 e. The van der Waals surface area contributed by atoms with E-state index in [0.29, 0.717) is 0 Å². The van der Waals surface area contributed by atoms with Gasteiger partial charge in [-0.1, -0.05) is 55.2 Å². The maximum atomic E-state index is 14.7. The summed E-state index contributed by atoms with van der Waals surface area (Å²) in [6, 6.07) is 15.8. The molecule has 0 radical (unpaired) electrons. The van der Waals surface area contributed by atoms with Gasteiger partial charge in [0.05, 0.1) is 10.6 Å². The Bertz CT molecular complexity index is 1460. The van der Waals surface area contributed by atoms with Crippen molar-refractivity contribution >= 4 is 27.5 Å². The van der Waals surface area contributed by atoms with Crippen LogP contribution in [0.3, 0.4) is 0 Å². The van der Waals surface area contributed by atoms with Gasteiger partial charge in [-0.15, -0.1) is 0 Å². The average Bonchev–Trinajstić information content (AvgIpc) is 2.96. The molecule has 0 spiro atoms. The van der Waals surface area contributed by atoms with Crippen molar-refractivity contribution in [2.45, 2.75) is 69.5 Å². The zero-order valence-electron chi connectivity index (χ0n) is 23.2. The number of carbonyl (C=O) groups is 2. The van der Waals surface area contributed by atoms with E-state index in [-0.39, 0.29) is 34.6 Å². The number of aryl methyl sites for hydroxylation is 1. The number of rotatable bonds is 10. The zero-order chi connectivity index (χ0) is 29.6. The Balaban J connectivity index is 1.68. The number of hydrogen-bond donors (Lipinski definition) is 1. The fourth-order valence-corrected chi connectivity index (χ4v) is 6.35. The minimum atomic E-state index is -4.32. The van der Waals surface area contributed by atoms with Crippen molar-refractivity contribution in [1.82, 2.24) is 10.2 Å². The Labute approximate surface area is 240 Å². The SMILES string of the molecule is Cc1ccc(N(CC(=O)N(Cc2ccccc2F)[C@H](C)C(=O)NC2CCCCC2)S(=O)(=O)c2ccc(F)cc2)cc1. The molecule has 1 aliphatic carbocycles. The van der Waals surface area contributed by atoms with E-state index in [4.69, 9.17) is 0 Å². The smallest absolute Gasteiger partial charge is 0.264 e. The molecule has 1 atom stereocenters. The van der Waals surface area contributed by atoms with E-state index in [1.807, 2.05) is 6.92 Å². The van der Waals surface area contributed by atoms with E-state index in [1.54, 1.807) is 37.3 Å². The van der Waals surface area contributed by atoms with Crippen LogP contribution in [-0.2, 0) is 26.2 Å². The number of carbonyl (C=O) groups excluding carboxylic acids is 2. The summed E-state index contributed by atoms with van der Waals surface area (Å²) in [6.07, 6.45) is 4.80. The lowest BCUT2D eigenvalue weighted by molar-refractivity contribution is -0.139. The van der Waals surface area contributed by atoms with Crippen LogP contribution in [0.4, 0.5) is 14.5 Å². The quantitative estimate of drug-likeness (QED) is 0.349.